The molecule has 0 aliphatic heterocycles. The van der Waals surface area contributed by atoms with Gasteiger partial charge in [0, 0.05) is 0 Å². The van der Waals surface area contributed by atoms with Gasteiger partial charge >= 0.3 is 0 Å². The first-order valence-corrected chi connectivity index (χ1v) is 4.24. The van der Waals surface area contributed by atoms with Crippen molar-refractivity contribution in [2.24, 2.45) is 5.14 Å². The van der Waals surface area contributed by atoms with Gasteiger partial charge in [-0.05, 0) is 13.8 Å². The van der Waals surface area contributed by atoms with Crippen molar-refractivity contribution in [3.05, 3.63) is 0 Å². The Kier molecular flexibility index (Phi) is 2.78. The van der Waals surface area contributed by atoms with E-state index < -0.39 is 15.7 Å². The molecule has 0 saturated heterocycles. The van der Waals surface area contributed by atoms with E-state index in [-0.39, 0.29) is 6.61 Å². The second-order valence-electron chi connectivity index (χ2n) is 2.69. The second-order valence-corrected chi connectivity index (χ2v) is 3.98. The highest BCUT2D eigenvalue weighted by Gasteiger charge is 2.20. The van der Waals surface area contributed by atoms with Crippen molar-refractivity contribution in [2.45, 2.75) is 19.4 Å². The van der Waals surface area contributed by atoms with Crippen LogP contribution in [0.3, 0.4) is 0 Å². The first-order valence-electron chi connectivity index (χ1n) is 2.69. The summed E-state index contributed by atoms with van der Waals surface area (Å²) in [4.78, 5) is 0. The van der Waals surface area contributed by atoms with E-state index >= 15 is 0 Å². The largest absolute Gasteiger partial charge is 0.394 e. The van der Waals surface area contributed by atoms with E-state index in [0.29, 0.717) is 0 Å². The van der Waals surface area contributed by atoms with Crippen LogP contribution >= 0.6 is 0 Å². The highest BCUT2D eigenvalue weighted by atomic mass is 32.2. The van der Waals surface area contributed by atoms with Crippen molar-refractivity contribution in [3.8, 4) is 0 Å². The van der Waals surface area contributed by atoms with E-state index in [2.05, 4.69) is 5.14 Å². The normalized spacial score (nSPS) is 13.6. The van der Waals surface area contributed by atoms with Gasteiger partial charge in [-0.1, -0.05) is 0 Å². The summed E-state index contributed by atoms with van der Waals surface area (Å²) in [6, 6.07) is 0. The number of nitrogens with two attached hydrogens (primary N) is 1. The van der Waals surface area contributed by atoms with E-state index in [1.54, 1.807) is 0 Å². The predicted molar refractivity (Wildman–Crippen MR) is 37.4 cm³/mol. The van der Waals surface area contributed by atoms with Crippen LogP contribution in [0.1, 0.15) is 13.8 Å². The Balaban J connectivity index is 4.16. The number of aliphatic hydroxyl groups is 1. The van der Waals surface area contributed by atoms with Crippen LogP contribution in [0.5, 0.6) is 0 Å². The monoisotopic (exact) mass is 168 g/mol. The van der Waals surface area contributed by atoms with Crippen molar-refractivity contribution < 1.29 is 13.5 Å². The highest BCUT2D eigenvalue weighted by molar-refractivity contribution is 7.87. The minimum Gasteiger partial charge on any atom is -0.394 e. The number of rotatable bonds is 3. The Bertz CT molecular complexity index is 197. The van der Waals surface area contributed by atoms with Crippen molar-refractivity contribution in [3.63, 3.8) is 0 Å². The van der Waals surface area contributed by atoms with Gasteiger partial charge in [0.25, 0.3) is 10.2 Å². The smallest absolute Gasteiger partial charge is 0.274 e. The van der Waals surface area contributed by atoms with Crippen LogP contribution in [0, 0.1) is 0 Å². The Morgan fingerprint density at radius 2 is 2.00 bits per heavy atom. The van der Waals surface area contributed by atoms with Gasteiger partial charge in [0.2, 0.25) is 0 Å². The van der Waals surface area contributed by atoms with E-state index in [1.165, 1.54) is 13.8 Å². The molecule has 0 radical (unpaired) electrons. The number of hydrogen-bond acceptors (Lipinski definition) is 3. The molecule has 0 bridgehead atoms. The maximum Gasteiger partial charge on any atom is 0.274 e. The Morgan fingerprint density at radius 3 is 2.10 bits per heavy atom. The van der Waals surface area contributed by atoms with Crippen LogP contribution in [0.25, 0.3) is 0 Å². The zero-order valence-electron chi connectivity index (χ0n) is 5.96. The van der Waals surface area contributed by atoms with Gasteiger partial charge in [-0.25, -0.2) is 5.14 Å². The maximum absolute atomic E-state index is 10.4. The van der Waals surface area contributed by atoms with Crippen molar-refractivity contribution in [1.82, 2.24) is 4.72 Å². The molecule has 0 heterocycles. The Labute approximate surface area is 60.4 Å². The molecule has 0 rings (SSSR count). The molecule has 62 valence electrons. The van der Waals surface area contributed by atoms with E-state index in [1.807, 2.05) is 4.72 Å². The molecule has 0 atom stereocenters. The van der Waals surface area contributed by atoms with Crippen LogP contribution in [0.4, 0.5) is 0 Å². The quantitative estimate of drug-likeness (QED) is 0.481. The van der Waals surface area contributed by atoms with Gasteiger partial charge in [-0.3, -0.25) is 0 Å². The molecular formula is C4H12N2O3S. The summed E-state index contributed by atoms with van der Waals surface area (Å²) in [5.41, 5.74) is -0.881. The minimum atomic E-state index is -3.70. The number of nitrogens with one attached hydrogen (secondary N) is 1. The molecule has 0 aliphatic carbocycles. The summed E-state index contributed by atoms with van der Waals surface area (Å²) in [5.74, 6) is 0. The topological polar surface area (TPSA) is 92.4 Å². The fraction of sp³-hybridized carbons (Fsp3) is 1.00. The lowest BCUT2D eigenvalue weighted by Gasteiger charge is -2.20. The van der Waals surface area contributed by atoms with E-state index in [9.17, 15) is 8.42 Å². The molecule has 10 heavy (non-hydrogen) atoms. The fourth-order valence-corrected chi connectivity index (χ4v) is 1.25. The second kappa shape index (κ2) is 2.83. The standard InChI is InChI=1S/C4H12N2O3S/c1-4(2,3-7)6-10(5,8)9/h6-7H,3H2,1-2H3,(H2,5,8,9). The Hall–Kier alpha value is -0.170. The van der Waals surface area contributed by atoms with Gasteiger partial charge in [-0.15, -0.1) is 0 Å². The van der Waals surface area contributed by atoms with Crippen LogP contribution in [0.15, 0.2) is 0 Å². The third-order valence-corrected chi connectivity index (χ3v) is 1.65. The summed E-state index contributed by atoms with van der Waals surface area (Å²) in [6.45, 7) is 2.76. The fourth-order valence-electron chi connectivity index (χ4n) is 0.417. The molecule has 0 aliphatic rings. The third kappa shape index (κ3) is 4.68. The minimum absolute atomic E-state index is 0.288. The molecule has 0 amide bonds. The van der Waals surface area contributed by atoms with Gasteiger partial charge in [0.05, 0.1) is 12.1 Å². The highest BCUT2D eigenvalue weighted by Crippen LogP contribution is 1.99. The lowest BCUT2D eigenvalue weighted by molar-refractivity contribution is 0.208. The van der Waals surface area contributed by atoms with Gasteiger partial charge < -0.3 is 5.11 Å². The molecule has 4 N–H and O–H groups in total. The third-order valence-electron chi connectivity index (χ3n) is 0.814. The molecule has 5 nitrogen and oxygen atoms in total. The summed E-state index contributed by atoms with van der Waals surface area (Å²) < 4.78 is 22.8. The molecule has 0 fully saturated rings. The predicted octanol–water partition coefficient (Wildman–Crippen LogP) is -1.45. The average Bonchev–Trinajstić information content (AvgIpc) is 1.60. The van der Waals surface area contributed by atoms with Crippen molar-refractivity contribution in [1.29, 1.82) is 0 Å². The first kappa shape index (κ1) is 9.83. The molecule has 6 heteroatoms. The van der Waals surface area contributed by atoms with Crippen LogP contribution < -0.4 is 9.86 Å². The van der Waals surface area contributed by atoms with Crippen molar-refractivity contribution in [2.75, 3.05) is 6.61 Å². The summed E-state index contributed by atoms with van der Waals surface area (Å²) in [5, 5.41) is 13.2. The molecule has 0 saturated carbocycles. The first-order chi connectivity index (χ1) is 4.27. The molecule has 0 aromatic rings. The molecule has 0 aromatic carbocycles. The SMILES string of the molecule is CC(C)(CO)NS(N)(=O)=O. The average molecular weight is 168 g/mol. The van der Waals surface area contributed by atoms with Gasteiger partial charge in [0.1, 0.15) is 0 Å². The van der Waals surface area contributed by atoms with Gasteiger partial charge in [-0.2, -0.15) is 13.1 Å². The van der Waals surface area contributed by atoms with E-state index in [0.717, 1.165) is 0 Å². The molecule has 0 unspecified atom stereocenters. The van der Waals surface area contributed by atoms with Crippen LogP contribution in [-0.4, -0.2) is 25.7 Å². The Morgan fingerprint density at radius 1 is 1.60 bits per heavy atom. The summed E-state index contributed by atoms with van der Waals surface area (Å²) in [7, 11) is -3.70. The van der Waals surface area contributed by atoms with E-state index in [4.69, 9.17) is 5.11 Å². The number of hydrogen-bond donors (Lipinski definition) is 3. The summed E-state index contributed by atoms with van der Waals surface area (Å²) in [6.07, 6.45) is 0. The molecular weight excluding hydrogens is 156 g/mol. The van der Waals surface area contributed by atoms with Crippen LogP contribution in [0.2, 0.25) is 0 Å². The lowest BCUT2D eigenvalue weighted by atomic mass is 10.1. The zero-order chi connectivity index (χ0) is 8.41. The molecule has 0 aromatic heterocycles. The zero-order valence-corrected chi connectivity index (χ0v) is 6.77. The van der Waals surface area contributed by atoms with Crippen LogP contribution in [-0.2, 0) is 10.2 Å². The van der Waals surface area contributed by atoms with Crippen molar-refractivity contribution >= 4 is 10.2 Å². The molecule has 0 spiro atoms. The lowest BCUT2D eigenvalue weighted by Crippen LogP contribution is -2.48. The van der Waals surface area contributed by atoms with Gasteiger partial charge in [0.15, 0.2) is 0 Å². The summed E-state index contributed by atoms with van der Waals surface area (Å²) >= 11 is 0. The maximum atomic E-state index is 10.4. The number of aliphatic hydroxyl groups excluding tert-OH is 1.